The number of aryl methyl sites for hydroxylation is 1. The van der Waals surface area contributed by atoms with Gasteiger partial charge in [0.05, 0.1) is 0 Å². The average Bonchev–Trinajstić information content (AvgIpc) is 3.20. The summed E-state index contributed by atoms with van der Waals surface area (Å²) < 4.78 is 0. The fraction of sp³-hybridized carbons (Fsp3) is 0.444. The molecule has 0 radical (unpaired) electrons. The largest absolute Gasteiger partial charge is 0.367 e. The van der Waals surface area contributed by atoms with Crippen molar-refractivity contribution >= 4 is 17.0 Å². The maximum absolute atomic E-state index is 3.67. The number of anilines is 1. The van der Waals surface area contributed by atoms with Crippen LogP contribution in [0.1, 0.15) is 34.4 Å². The quantitative estimate of drug-likeness (QED) is 0.922. The highest BCUT2D eigenvalue weighted by atomic mass is 32.1. The molecule has 0 atom stereocenters. The van der Waals surface area contributed by atoms with Crippen molar-refractivity contribution < 1.29 is 0 Å². The Bertz CT molecular complexity index is 642. The van der Waals surface area contributed by atoms with Crippen LogP contribution in [0.25, 0.3) is 0 Å². The zero-order valence-corrected chi connectivity index (χ0v) is 13.4. The van der Waals surface area contributed by atoms with Gasteiger partial charge in [-0.3, -0.25) is 0 Å². The highest BCUT2D eigenvalue weighted by molar-refractivity contribution is 7.10. The van der Waals surface area contributed by atoms with E-state index >= 15 is 0 Å². The number of hydrogen-bond donors (Lipinski definition) is 1. The van der Waals surface area contributed by atoms with Crippen molar-refractivity contribution in [2.75, 3.05) is 11.4 Å². The minimum atomic E-state index is 0.767. The molecule has 1 aliphatic carbocycles. The van der Waals surface area contributed by atoms with Crippen molar-refractivity contribution in [2.45, 2.75) is 45.3 Å². The predicted octanol–water partition coefficient (Wildman–Crippen LogP) is 3.87. The summed E-state index contributed by atoms with van der Waals surface area (Å²) in [7, 11) is 0. The van der Waals surface area contributed by atoms with Crippen LogP contribution < -0.4 is 10.2 Å². The van der Waals surface area contributed by atoms with E-state index in [1.54, 1.807) is 4.88 Å². The molecule has 4 rings (SSSR count). The molecule has 3 heteroatoms. The Hall–Kier alpha value is -1.32. The number of benzene rings is 1. The molecule has 2 aromatic rings. The van der Waals surface area contributed by atoms with Crippen molar-refractivity contribution in [1.29, 1.82) is 0 Å². The topological polar surface area (TPSA) is 15.3 Å². The molecule has 0 amide bonds. The predicted molar refractivity (Wildman–Crippen MR) is 90.1 cm³/mol. The lowest BCUT2D eigenvalue weighted by molar-refractivity contribution is 0.677. The molecular weight excluding hydrogens is 276 g/mol. The Balaban J connectivity index is 1.58. The fourth-order valence-electron chi connectivity index (χ4n) is 3.16. The molecule has 0 saturated heterocycles. The van der Waals surface area contributed by atoms with Gasteiger partial charge in [-0.2, -0.15) is 0 Å². The second-order valence-corrected chi connectivity index (χ2v) is 7.33. The van der Waals surface area contributed by atoms with Gasteiger partial charge in [-0.05, 0) is 54.8 Å². The van der Waals surface area contributed by atoms with E-state index in [0.29, 0.717) is 0 Å². The van der Waals surface area contributed by atoms with Gasteiger partial charge in [0.15, 0.2) is 0 Å². The Labute approximate surface area is 130 Å². The van der Waals surface area contributed by atoms with Crippen molar-refractivity contribution in [2.24, 2.45) is 0 Å². The average molecular weight is 298 g/mol. The van der Waals surface area contributed by atoms with Gasteiger partial charge in [0.1, 0.15) is 0 Å². The third-order valence-electron chi connectivity index (χ3n) is 4.54. The molecule has 2 nitrogen and oxygen atoms in total. The van der Waals surface area contributed by atoms with Crippen LogP contribution in [0, 0.1) is 6.92 Å². The van der Waals surface area contributed by atoms with Crippen LogP contribution in [0.4, 0.5) is 5.69 Å². The number of rotatable bonds is 4. The van der Waals surface area contributed by atoms with Crippen LogP contribution in [0.2, 0.25) is 0 Å². The molecule has 2 heterocycles. The monoisotopic (exact) mass is 298 g/mol. The molecule has 2 aliphatic rings. The molecule has 1 N–H and O–H groups in total. The smallest absolute Gasteiger partial charge is 0.0440 e. The Morgan fingerprint density at radius 1 is 1.29 bits per heavy atom. The molecule has 1 saturated carbocycles. The van der Waals surface area contributed by atoms with Gasteiger partial charge in [0.2, 0.25) is 0 Å². The maximum Gasteiger partial charge on any atom is 0.0440 e. The van der Waals surface area contributed by atoms with Gasteiger partial charge < -0.3 is 10.2 Å². The van der Waals surface area contributed by atoms with Crippen LogP contribution in [-0.2, 0) is 19.5 Å². The summed E-state index contributed by atoms with van der Waals surface area (Å²) in [5.74, 6) is 0. The fourth-order valence-corrected chi connectivity index (χ4v) is 4.05. The van der Waals surface area contributed by atoms with E-state index in [0.717, 1.165) is 25.7 Å². The number of nitrogens with zero attached hydrogens (tertiary/aromatic N) is 1. The van der Waals surface area contributed by atoms with Gasteiger partial charge in [0.25, 0.3) is 0 Å². The standard InChI is InChI=1S/C18H22N2S/c1-13-2-5-17(15(10-13)11-19-16-3-4-16)20-8-6-18-14(12-20)7-9-21-18/h2,5,7,9-10,16,19H,3-4,6,8,11-12H2,1H3. The third-order valence-corrected chi connectivity index (χ3v) is 5.56. The Morgan fingerprint density at radius 3 is 3.05 bits per heavy atom. The summed E-state index contributed by atoms with van der Waals surface area (Å²) in [6.07, 6.45) is 3.89. The molecule has 0 bridgehead atoms. The zero-order chi connectivity index (χ0) is 14.2. The van der Waals surface area contributed by atoms with Gasteiger partial charge in [-0.1, -0.05) is 17.7 Å². The van der Waals surface area contributed by atoms with E-state index in [1.165, 1.54) is 41.6 Å². The first kappa shape index (κ1) is 13.4. The summed E-state index contributed by atoms with van der Waals surface area (Å²) >= 11 is 1.91. The van der Waals surface area contributed by atoms with Crippen LogP contribution in [0.3, 0.4) is 0 Å². The zero-order valence-electron chi connectivity index (χ0n) is 12.6. The van der Waals surface area contributed by atoms with E-state index in [9.17, 15) is 0 Å². The van der Waals surface area contributed by atoms with Crippen LogP contribution in [0.15, 0.2) is 29.6 Å². The van der Waals surface area contributed by atoms with Gasteiger partial charge in [-0.15, -0.1) is 11.3 Å². The minimum absolute atomic E-state index is 0.767. The molecule has 110 valence electrons. The lowest BCUT2D eigenvalue weighted by Crippen LogP contribution is -2.31. The molecule has 1 aromatic heterocycles. The third kappa shape index (κ3) is 2.85. The molecule has 1 fully saturated rings. The van der Waals surface area contributed by atoms with Crippen LogP contribution in [0.5, 0.6) is 0 Å². The SMILES string of the molecule is Cc1ccc(N2CCc3sccc3C2)c(CNC2CC2)c1. The van der Waals surface area contributed by atoms with Crippen molar-refractivity contribution in [1.82, 2.24) is 5.32 Å². The number of nitrogens with one attached hydrogen (secondary N) is 1. The first-order valence-electron chi connectivity index (χ1n) is 7.93. The van der Waals surface area contributed by atoms with Crippen LogP contribution >= 0.6 is 11.3 Å². The first-order chi connectivity index (χ1) is 10.3. The van der Waals surface area contributed by atoms with Crippen molar-refractivity contribution in [3.8, 4) is 0 Å². The van der Waals surface area contributed by atoms with Crippen molar-refractivity contribution in [3.63, 3.8) is 0 Å². The molecule has 0 spiro atoms. The van der Waals surface area contributed by atoms with E-state index < -0.39 is 0 Å². The summed E-state index contributed by atoms with van der Waals surface area (Å²) in [6, 6.07) is 9.98. The molecule has 1 aliphatic heterocycles. The Kier molecular flexibility index (Phi) is 3.48. The minimum Gasteiger partial charge on any atom is -0.367 e. The maximum atomic E-state index is 3.67. The number of hydrogen-bond acceptors (Lipinski definition) is 3. The highest BCUT2D eigenvalue weighted by Gasteiger charge is 2.22. The van der Waals surface area contributed by atoms with Gasteiger partial charge in [0, 0.05) is 36.2 Å². The number of fused-ring (bicyclic) bond motifs is 1. The summed E-state index contributed by atoms with van der Waals surface area (Å²) in [5.41, 5.74) is 5.76. The van der Waals surface area contributed by atoms with Crippen molar-refractivity contribution in [3.05, 3.63) is 51.2 Å². The second-order valence-electron chi connectivity index (χ2n) is 6.33. The summed E-state index contributed by atoms with van der Waals surface area (Å²) in [5, 5.41) is 5.90. The molecule has 21 heavy (non-hydrogen) atoms. The first-order valence-corrected chi connectivity index (χ1v) is 8.80. The second kappa shape index (κ2) is 5.47. The number of thiophene rings is 1. The van der Waals surface area contributed by atoms with E-state index in [2.05, 4.69) is 46.8 Å². The lowest BCUT2D eigenvalue weighted by Gasteiger charge is -2.31. The molecule has 1 aromatic carbocycles. The lowest BCUT2D eigenvalue weighted by atomic mass is 10.0. The molecular formula is C18H22N2S. The van der Waals surface area contributed by atoms with E-state index in [4.69, 9.17) is 0 Å². The van der Waals surface area contributed by atoms with E-state index in [1.807, 2.05) is 11.3 Å². The van der Waals surface area contributed by atoms with E-state index in [-0.39, 0.29) is 0 Å². The highest BCUT2D eigenvalue weighted by Crippen LogP contribution is 2.31. The summed E-state index contributed by atoms with van der Waals surface area (Å²) in [4.78, 5) is 4.13. The van der Waals surface area contributed by atoms with Gasteiger partial charge >= 0.3 is 0 Å². The summed E-state index contributed by atoms with van der Waals surface area (Å²) in [6.45, 7) is 5.41. The normalized spacial score (nSPS) is 17.9. The Morgan fingerprint density at radius 2 is 2.19 bits per heavy atom. The van der Waals surface area contributed by atoms with Gasteiger partial charge in [-0.25, -0.2) is 0 Å². The molecule has 0 unspecified atom stereocenters. The van der Waals surface area contributed by atoms with Crippen LogP contribution in [-0.4, -0.2) is 12.6 Å².